The zero-order valence-electron chi connectivity index (χ0n) is 21.8. The molecule has 1 heterocycles. The summed E-state index contributed by atoms with van der Waals surface area (Å²) in [5, 5.41) is 17.7. The number of aromatic nitrogens is 1. The number of fused-ring (bicyclic) bond motifs is 3. The highest BCUT2D eigenvalue weighted by atomic mass is 35.5. The molecule has 4 fully saturated rings. The highest BCUT2D eigenvalue weighted by Gasteiger charge is 2.52. The van der Waals surface area contributed by atoms with E-state index >= 15 is 0 Å². The first-order valence-corrected chi connectivity index (χ1v) is 14.7. The Morgan fingerprint density at radius 1 is 1.00 bits per heavy atom. The molecule has 2 N–H and O–H groups in total. The molecule has 2 bridgehead atoms. The average Bonchev–Trinajstić information content (AvgIpc) is 3.71. The van der Waals surface area contributed by atoms with Gasteiger partial charge in [0.05, 0.1) is 39.5 Å². The Balaban J connectivity index is 1.11. The second-order valence-electron chi connectivity index (χ2n) is 11.5. The molecule has 0 radical (unpaired) electrons. The molecule has 1 aromatic heterocycles. The van der Waals surface area contributed by atoms with Crippen LogP contribution in [0.15, 0.2) is 40.9 Å². The van der Waals surface area contributed by atoms with Gasteiger partial charge in [0, 0.05) is 22.5 Å². The summed E-state index contributed by atoms with van der Waals surface area (Å²) < 4.78 is 12.2. The maximum absolute atomic E-state index is 13.4. The number of amides is 1. The molecular weight excluding hydrogens is 575 g/mol. The van der Waals surface area contributed by atoms with Crippen LogP contribution in [0.4, 0.5) is 5.69 Å². The summed E-state index contributed by atoms with van der Waals surface area (Å²) in [6, 6.07) is 9.75. The van der Waals surface area contributed by atoms with Gasteiger partial charge in [0.2, 0.25) is 5.91 Å². The highest BCUT2D eigenvalue weighted by Crippen LogP contribution is 2.57. The number of carbonyl (C=O) groups is 2. The van der Waals surface area contributed by atoms with Crippen molar-refractivity contribution in [2.45, 2.75) is 63.9 Å². The second kappa shape index (κ2) is 10.7. The van der Waals surface area contributed by atoms with Crippen LogP contribution in [0.2, 0.25) is 15.1 Å². The average molecular weight is 604 g/mol. The van der Waals surface area contributed by atoms with Gasteiger partial charge in [-0.25, -0.2) is 4.79 Å². The molecule has 0 spiro atoms. The number of aromatic carboxylic acids is 1. The van der Waals surface area contributed by atoms with Crippen LogP contribution in [0.3, 0.4) is 0 Å². The molecule has 7 rings (SSSR count). The summed E-state index contributed by atoms with van der Waals surface area (Å²) in [5.74, 6) is 0.109. The van der Waals surface area contributed by atoms with Gasteiger partial charge in [-0.05, 0) is 87.1 Å². The van der Waals surface area contributed by atoms with E-state index in [-0.39, 0.29) is 21.9 Å². The van der Waals surface area contributed by atoms with Crippen molar-refractivity contribution < 1.29 is 24.0 Å². The van der Waals surface area contributed by atoms with E-state index in [1.165, 1.54) is 12.1 Å². The predicted octanol–water partition coefficient (Wildman–Crippen LogP) is 8.37. The van der Waals surface area contributed by atoms with Gasteiger partial charge in [-0.15, -0.1) is 0 Å². The van der Waals surface area contributed by atoms with Gasteiger partial charge in [0.25, 0.3) is 0 Å². The summed E-state index contributed by atoms with van der Waals surface area (Å²) in [4.78, 5) is 24.6. The zero-order valence-corrected chi connectivity index (χ0v) is 24.0. The number of benzene rings is 2. The molecule has 0 atom stereocenters. The molecule has 0 aliphatic heterocycles. The van der Waals surface area contributed by atoms with Crippen molar-refractivity contribution in [3.05, 3.63) is 68.4 Å². The quantitative estimate of drug-likeness (QED) is 0.255. The predicted molar refractivity (Wildman–Crippen MR) is 153 cm³/mol. The summed E-state index contributed by atoms with van der Waals surface area (Å²) in [7, 11) is 0. The van der Waals surface area contributed by atoms with Gasteiger partial charge in [-0.3, -0.25) is 4.79 Å². The number of rotatable bonds is 9. The number of ether oxygens (including phenoxy) is 1. The summed E-state index contributed by atoms with van der Waals surface area (Å²) in [6.07, 6.45) is 7.15. The van der Waals surface area contributed by atoms with Crippen molar-refractivity contribution in [2.75, 3.05) is 11.9 Å². The van der Waals surface area contributed by atoms with Gasteiger partial charge in [0.1, 0.15) is 11.5 Å². The minimum atomic E-state index is -1.06. The summed E-state index contributed by atoms with van der Waals surface area (Å²) >= 11 is 19.2. The molecule has 210 valence electrons. The minimum Gasteiger partial charge on any atom is -0.478 e. The van der Waals surface area contributed by atoms with Gasteiger partial charge in [-0.2, -0.15) is 0 Å². The lowest BCUT2D eigenvalue weighted by Crippen LogP contribution is -2.49. The Labute approximate surface area is 247 Å². The molecule has 1 amide bonds. The lowest BCUT2D eigenvalue weighted by atomic mass is 9.53. The Kier molecular flexibility index (Phi) is 7.36. The summed E-state index contributed by atoms with van der Waals surface area (Å²) in [6.45, 7) is 0.961. The number of carboxylic acid groups (broad SMARTS) is 1. The maximum atomic E-state index is 13.4. The van der Waals surface area contributed by atoms with E-state index in [4.69, 9.17) is 49.2 Å². The fraction of sp³-hybridized carbons (Fsp3) is 0.433. The van der Waals surface area contributed by atoms with Crippen LogP contribution >= 0.6 is 34.8 Å². The van der Waals surface area contributed by atoms with E-state index in [0.29, 0.717) is 46.1 Å². The fourth-order valence-electron chi connectivity index (χ4n) is 6.24. The third kappa shape index (κ3) is 5.13. The fourth-order valence-corrected chi connectivity index (χ4v) is 7.05. The Morgan fingerprint density at radius 3 is 2.27 bits per heavy atom. The van der Waals surface area contributed by atoms with Crippen LogP contribution < -0.4 is 5.32 Å². The molecule has 4 aliphatic rings. The van der Waals surface area contributed by atoms with Crippen LogP contribution in [0.1, 0.15) is 79.0 Å². The lowest BCUT2D eigenvalue weighted by molar-refractivity contribution is -0.138. The van der Waals surface area contributed by atoms with Gasteiger partial charge in [0.15, 0.2) is 0 Å². The second-order valence-corrected chi connectivity index (χ2v) is 12.7. The third-order valence-corrected chi connectivity index (χ3v) is 9.91. The molecule has 40 heavy (non-hydrogen) atoms. The normalized spacial score (nSPS) is 23.8. The maximum Gasteiger partial charge on any atom is 0.335 e. The van der Waals surface area contributed by atoms with E-state index in [0.717, 1.165) is 62.7 Å². The van der Waals surface area contributed by atoms with Crippen LogP contribution in [0, 0.1) is 10.8 Å². The first-order chi connectivity index (χ1) is 19.2. The molecule has 4 aliphatic carbocycles. The van der Waals surface area contributed by atoms with Crippen molar-refractivity contribution >= 4 is 52.4 Å². The third-order valence-electron chi connectivity index (χ3n) is 8.97. The molecule has 4 saturated carbocycles. The zero-order chi connectivity index (χ0) is 28.1. The number of hydrogen-bond donors (Lipinski definition) is 2. The first-order valence-electron chi connectivity index (χ1n) is 13.6. The van der Waals surface area contributed by atoms with Gasteiger partial charge >= 0.3 is 5.97 Å². The summed E-state index contributed by atoms with van der Waals surface area (Å²) in [5.41, 5.74) is 2.33. The lowest BCUT2D eigenvalue weighted by Gasteiger charge is -2.52. The number of nitrogens with one attached hydrogen (secondary N) is 1. The van der Waals surface area contributed by atoms with E-state index in [2.05, 4.69) is 10.5 Å². The molecule has 10 heteroatoms. The number of halogens is 3. The molecule has 2 aromatic carbocycles. The number of anilines is 1. The number of carboxylic acids is 1. The highest BCUT2D eigenvalue weighted by molar-refractivity contribution is 6.39. The number of hydrogen-bond acceptors (Lipinski definition) is 5. The monoisotopic (exact) mass is 602 g/mol. The van der Waals surface area contributed by atoms with Crippen molar-refractivity contribution in [2.24, 2.45) is 10.8 Å². The SMILES string of the molecule is O=C(O)c1ccc(NC(=O)C23CCC(COCc4c(-c5c(Cl)cccc5Cl)noc4C4CC4)(CC2)CC3)c(Cl)c1. The largest absolute Gasteiger partial charge is 0.478 e. The Hall–Kier alpha value is -2.58. The molecule has 0 saturated heterocycles. The van der Waals surface area contributed by atoms with Crippen molar-refractivity contribution in [1.29, 1.82) is 0 Å². The van der Waals surface area contributed by atoms with Crippen LogP contribution in [0.25, 0.3) is 11.3 Å². The van der Waals surface area contributed by atoms with Crippen LogP contribution in [-0.2, 0) is 16.1 Å². The standard InChI is InChI=1S/C30H29Cl3N2O5/c31-20-2-1-3-21(32)24(20)25-19(26(40-35-25)17-4-5-17)15-39-16-29-8-11-30(12-9-29,13-10-29)28(38)34-23-7-6-18(27(36)37)14-22(23)33/h1-3,6-7,14,17H,4-5,8-13,15-16H2,(H,34,38)(H,36,37). The van der Waals surface area contributed by atoms with E-state index in [9.17, 15) is 9.59 Å². The molecular formula is C30H29Cl3N2O5. The van der Waals surface area contributed by atoms with Crippen molar-refractivity contribution in [1.82, 2.24) is 5.16 Å². The van der Waals surface area contributed by atoms with E-state index in [1.807, 2.05) is 6.07 Å². The van der Waals surface area contributed by atoms with Crippen molar-refractivity contribution in [3.8, 4) is 11.3 Å². The molecule has 7 nitrogen and oxygen atoms in total. The van der Waals surface area contributed by atoms with Crippen molar-refractivity contribution in [3.63, 3.8) is 0 Å². The topological polar surface area (TPSA) is 102 Å². The Morgan fingerprint density at radius 2 is 1.68 bits per heavy atom. The smallest absolute Gasteiger partial charge is 0.335 e. The van der Waals surface area contributed by atoms with Gasteiger partial charge < -0.3 is 19.7 Å². The molecule has 0 unspecified atom stereocenters. The number of carbonyl (C=O) groups excluding carboxylic acids is 1. The van der Waals surface area contributed by atoms with Crippen LogP contribution in [0.5, 0.6) is 0 Å². The molecule has 3 aromatic rings. The van der Waals surface area contributed by atoms with Crippen LogP contribution in [-0.4, -0.2) is 28.7 Å². The number of nitrogens with zero attached hydrogens (tertiary/aromatic N) is 1. The van der Waals surface area contributed by atoms with E-state index in [1.54, 1.807) is 18.2 Å². The van der Waals surface area contributed by atoms with E-state index < -0.39 is 11.4 Å². The van der Waals surface area contributed by atoms with Gasteiger partial charge in [-0.1, -0.05) is 46.0 Å². The minimum absolute atomic E-state index is 0.0297. The first kappa shape index (κ1) is 27.6. The Bertz CT molecular complexity index is 1440.